The minimum atomic E-state index is 0.0434. The van der Waals surface area contributed by atoms with E-state index in [0.717, 1.165) is 28.1 Å². The fraction of sp³-hybridized carbons (Fsp3) is 0.333. The Morgan fingerprint density at radius 2 is 2.07 bits per heavy atom. The highest BCUT2D eigenvalue weighted by Crippen LogP contribution is 2.34. The summed E-state index contributed by atoms with van der Waals surface area (Å²) in [4.78, 5) is 19.4. The van der Waals surface area contributed by atoms with Crippen molar-refractivity contribution in [1.82, 2.24) is 9.55 Å². The van der Waals surface area contributed by atoms with Gasteiger partial charge in [-0.3, -0.25) is 4.79 Å². The molecule has 2 aromatic carbocycles. The smallest absolute Gasteiger partial charge is 0.227 e. The Labute approximate surface area is 163 Å². The molecule has 140 valence electrons. The lowest BCUT2D eigenvalue weighted by molar-refractivity contribution is -0.117. The van der Waals surface area contributed by atoms with Crippen LogP contribution >= 0.6 is 11.6 Å². The molecule has 0 spiro atoms. The van der Waals surface area contributed by atoms with Crippen LogP contribution in [0.2, 0.25) is 5.02 Å². The zero-order chi connectivity index (χ0) is 19.0. The van der Waals surface area contributed by atoms with Crippen LogP contribution < -0.4 is 4.90 Å². The third-order valence-corrected chi connectivity index (χ3v) is 5.57. The molecule has 4 rings (SSSR count). The van der Waals surface area contributed by atoms with Gasteiger partial charge in [0.15, 0.2) is 0 Å². The number of halogens is 1. The van der Waals surface area contributed by atoms with Crippen molar-refractivity contribution in [1.29, 1.82) is 0 Å². The molecule has 0 saturated carbocycles. The molecule has 6 heteroatoms. The number of imidazole rings is 1. The number of carbonyl (C=O) groups excluding carboxylic acids is 1. The number of benzene rings is 2. The Bertz CT molecular complexity index is 998. The van der Waals surface area contributed by atoms with Crippen molar-refractivity contribution in [3.05, 3.63) is 58.9 Å². The van der Waals surface area contributed by atoms with Crippen molar-refractivity contribution < 1.29 is 9.53 Å². The van der Waals surface area contributed by atoms with E-state index < -0.39 is 0 Å². The molecule has 1 fully saturated rings. The maximum absolute atomic E-state index is 12.7. The van der Waals surface area contributed by atoms with E-state index in [-0.39, 0.29) is 11.8 Å². The summed E-state index contributed by atoms with van der Waals surface area (Å²) < 4.78 is 7.46. The quantitative estimate of drug-likeness (QED) is 0.664. The number of para-hydroxylation sites is 2. The fourth-order valence-corrected chi connectivity index (χ4v) is 3.88. The Hall–Kier alpha value is -2.37. The monoisotopic (exact) mass is 383 g/mol. The summed E-state index contributed by atoms with van der Waals surface area (Å²) in [6.45, 7) is 3.88. The van der Waals surface area contributed by atoms with E-state index >= 15 is 0 Å². The van der Waals surface area contributed by atoms with Crippen LogP contribution in [0.25, 0.3) is 11.0 Å². The van der Waals surface area contributed by atoms with Gasteiger partial charge in [0.05, 0.1) is 17.6 Å². The molecule has 1 atom stereocenters. The van der Waals surface area contributed by atoms with Crippen molar-refractivity contribution in [2.75, 3.05) is 25.2 Å². The number of rotatable bonds is 5. The minimum absolute atomic E-state index is 0.0434. The number of hydrogen-bond acceptors (Lipinski definition) is 3. The van der Waals surface area contributed by atoms with Gasteiger partial charge in [-0.1, -0.05) is 29.8 Å². The van der Waals surface area contributed by atoms with Crippen molar-refractivity contribution in [2.24, 2.45) is 0 Å². The second kappa shape index (κ2) is 7.33. The van der Waals surface area contributed by atoms with E-state index in [4.69, 9.17) is 21.3 Å². The summed E-state index contributed by atoms with van der Waals surface area (Å²) in [5.41, 5.74) is 3.88. The van der Waals surface area contributed by atoms with Crippen LogP contribution in [-0.2, 0) is 16.1 Å². The number of aromatic nitrogens is 2. The molecule has 1 aliphatic rings. The van der Waals surface area contributed by atoms with E-state index in [1.807, 2.05) is 48.2 Å². The van der Waals surface area contributed by atoms with Gasteiger partial charge in [-0.25, -0.2) is 4.98 Å². The van der Waals surface area contributed by atoms with Crippen LogP contribution in [0.3, 0.4) is 0 Å². The number of nitrogens with zero attached hydrogens (tertiary/aromatic N) is 3. The number of fused-ring (bicyclic) bond motifs is 1. The van der Waals surface area contributed by atoms with Crippen molar-refractivity contribution >= 4 is 34.2 Å². The lowest BCUT2D eigenvalue weighted by atomic mass is 10.1. The van der Waals surface area contributed by atoms with Gasteiger partial charge < -0.3 is 14.2 Å². The summed E-state index contributed by atoms with van der Waals surface area (Å²) >= 11 is 6.26. The molecular weight excluding hydrogens is 362 g/mol. The van der Waals surface area contributed by atoms with Gasteiger partial charge in [0.2, 0.25) is 5.91 Å². The summed E-state index contributed by atoms with van der Waals surface area (Å²) in [6.07, 6.45) is 0.446. The van der Waals surface area contributed by atoms with Crippen molar-refractivity contribution in [3.8, 4) is 0 Å². The molecule has 1 amide bonds. The minimum Gasteiger partial charge on any atom is -0.383 e. The number of carbonyl (C=O) groups is 1. The first-order chi connectivity index (χ1) is 13.1. The molecule has 2 heterocycles. The number of hydrogen-bond donors (Lipinski definition) is 0. The number of anilines is 1. The van der Waals surface area contributed by atoms with E-state index in [1.165, 1.54) is 0 Å². The second-order valence-electron chi connectivity index (χ2n) is 6.94. The first-order valence-corrected chi connectivity index (χ1v) is 9.47. The lowest BCUT2D eigenvalue weighted by Crippen LogP contribution is -2.24. The predicted octanol–water partition coefficient (Wildman–Crippen LogP) is 4.17. The second-order valence-corrected chi connectivity index (χ2v) is 7.35. The van der Waals surface area contributed by atoms with Gasteiger partial charge in [-0.05, 0) is 36.8 Å². The molecule has 1 unspecified atom stereocenters. The highest BCUT2D eigenvalue weighted by Gasteiger charge is 2.34. The van der Waals surface area contributed by atoms with Crippen LogP contribution in [0.4, 0.5) is 5.69 Å². The maximum Gasteiger partial charge on any atom is 0.227 e. The van der Waals surface area contributed by atoms with Gasteiger partial charge in [-0.2, -0.15) is 0 Å². The molecule has 0 radical (unpaired) electrons. The Morgan fingerprint density at radius 1 is 1.26 bits per heavy atom. The Morgan fingerprint density at radius 3 is 2.85 bits per heavy atom. The van der Waals surface area contributed by atoms with Crippen LogP contribution in [0.1, 0.15) is 23.7 Å². The van der Waals surface area contributed by atoms with Gasteiger partial charge in [0.1, 0.15) is 5.82 Å². The summed E-state index contributed by atoms with van der Waals surface area (Å²) in [6, 6.07) is 13.8. The van der Waals surface area contributed by atoms with Crippen LogP contribution in [-0.4, -0.2) is 35.7 Å². The molecule has 27 heavy (non-hydrogen) atoms. The molecule has 1 saturated heterocycles. The summed E-state index contributed by atoms with van der Waals surface area (Å²) in [7, 11) is 1.70. The SMILES string of the molecule is COCCn1c(C2CC(=O)N(c3ccc(C)c(Cl)c3)C2)nc2ccccc21. The average molecular weight is 384 g/mol. The highest BCUT2D eigenvalue weighted by molar-refractivity contribution is 6.31. The van der Waals surface area contributed by atoms with Crippen molar-refractivity contribution in [3.63, 3.8) is 0 Å². The third kappa shape index (κ3) is 3.33. The van der Waals surface area contributed by atoms with E-state index in [1.54, 1.807) is 7.11 Å². The number of methoxy groups -OCH3 is 1. The lowest BCUT2D eigenvalue weighted by Gasteiger charge is -2.18. The molecule has 3 aromatic rings. The molecule has 1 aromatic heterocycles. The molecule has 0 N–H and O–H groups in total. The summed E-state index contributed by atoms with van der Waals surface area (Å²) in [5, 5.41) is 0.677. The predicted molar refractivity (Wildman–Crippen MR) is 108 cm³/mol. The van der Waals surface area contributed by atoms with Gasteiger partial charge in [-0.15, -0.1) is 0 Å². The van der Waals surface area contributed by atoms with E-state index in [9.17, 15) is 4.79 Å². The zero-order valence-electron chi connectivity index (χ0n) is 15.5. The first kappa shape index (κ1) is 18.0. The van der Waals surface area contributed by atoms with Crippen LogP contribution in [0.15, 0.2) is 42.5 Å². The van der Waals surface area contributed by atoms with Crippen LogP contribution in [0, 0.1) is 6.92 Å². The molecule has 0 bridgehead atoms. The number of amides is 1. The van der Waals surface area contributed by atoms with E-state index in [2.05, 4.69) is 10.6 Å². The molecule has 1 aliphatic heterocycles. The molecule has 0 aliphatic carbocycles. The zero-order valence-corrected chi connectivity index (χ0v) is 16.2. The molecule has 5 nitrogen and oxygen atoms in total. The van der Waals surface area contributed by atoms with E-state index in [0.29, 0.717) is 31.1 Å². The fourth-order valence-electron chi connectivity index (χ4n) is 3.70. The highest BCUT2D eigenvalue weighted by atomic mass is 35.5. The average Bonchev–Trinajstić information content (AvgIpc) is 3.23. The van der Waals surface area contributed by atoms with Gasteiger partial charge in [0.25, 0.3) is 0 Å². The largest absolute Gasteiger partial charge is 0.383 e. The number of ether oxygens (including phenoxy) is 1. The summed E-state index contributed by atoms with van der Waals surface area (Å²) in [5.74, 6) is 1.09. The maximum atomic E-state index is 12.7. The van der Waals surface area contributed by atoms with Crippen LogP contribution in [0.5, 0.6) is 0 Å². The number of aryl methyl sites for hydroxylation is 1. The van der Waals surface area contributed by atoms with Crippen molar-refractivity contribution in [2.45, 2.75) is 25.8 Å². The Balaban J connectivity index is 1.68. The van der Waals surface area contributed by atoms with Gasteiger partial charge in [0, 0.05) is 43.2 Å². The molecular formula is C21H22ClN3O2. The Kier molecular flexibility index (Phi) is 4.89. The van der Waals surface area contributed by atoms with Gasteiger partial charge >= 0.3 is 0 Å². The first-order valence-electron chi connectivity index (χ1n) is 9.09. The standard InChI is InChI=1S/C21H22ClN3O2/c1-14-7-8-16(12-17(14)22)25-13-15(11-20(25)26)21-23-18-5-3-4-6-19(18)24(21)9-10-27-2/h3-8,12,15H,9-11,13H2,1-2H3. The topological polar surface area (TPSA) is 47.4 Å². The normalized spacial score (nSPS) is 17.2. The third-order valence-electron chi connectivity index (χ3n) is 5.16.